The van der Waals surface area contributed by atoms with Gasteiger partial charge in [0.1, 0.15) is 0 Å². The van der Waals surface area contributed by atoms with Crippen molar-refractivity contribution >= 4 is 0 Å². The van der Waals surface area contributed by atoms with Crippen molar-refractivity contribution in [2.75, 3.05) is 0 Å². The molecule has 0 radical (unpaired) electrons. The van der Waals surface area contributed by atoms with Crippen molar-refractivity contribution in [2.24, 2.45) is 0 Å². The lowest BCUT2D eigenvalue weighted by atomic mass is 10.4. The molecule has 1 rings (SSSR count). The molecule has 0 spiro atoms. The Balaban J connectivity index is 3.05. The van der Waals surface area contributed by atoms with Crippen LogP contribution in [-0.2, 0) is 0 Å². The summed E-state index contributed by atoms with van der Waals surface area (Å²) in [6.45, 7) is 5.67. The largest absolute Gasteiger partial charge is 0.264 e. The first-order chi connectivity index (χ1) is 4.63. The summed E-state index contributed by atoms with van der Waals surface area (Å²) in [6.07, 6.45) is 1.25. The van der Waals surface area contributed by atoms with E-state index >= 15 is 0 Å². The number of aromatic nitrogens is 2. The van der Waals surface area contributed by atoms with Crippen LogP contribution in [0.15, 0.2) is 6.20 Å². The summed E-state index contributed by atoms with van der Waals surface area (Å²) in [5.74, 6) is -0.228. The zero-order chi connectivity index (χ0) is 7.72. The zero-order valence-electron chi connectivity index (χ0n) is 6.43. The van der Waals surface area contributed by atoms with Gasteiger partial charge in [-0.2, -0.15) is 5.10 Å². The fraction of sp³-hybridized carbons (Fsp3) is 0.571. The lowest BCUT2D eigenvalue weighted by Crippen LogP contribution is -2.04. The van der Waals surface area contributed by atoms with Gasteiger partial charge in [-0.15, -0.1) is 0 Å². The third kappa shape index (κ3) is 1.03. The number of rotatable bonds is 1. The number of hydrogen-bond acceptors (Lipinski definition) is 1. The highest BCUT2D eigenvalue weighted by molar-refractivity contribution is 5.01. The average Bonchev–Trinajstić information content (AvgIpc) is 2.14. The number of hydrogen-bond donors (Lipinski definition) is 0. The molecular weight excluding hydrogens is 131 g/mol. The van der Waals surface area contributed by atoms with Gasteiger partial charge in [-0.25, -0.2) is 4.39 Å². The van der Waals surface area contributed by atoms with E-state index in [1.54, 1.807) is 11.6 Å². The highest BCUT2D eigenvalue weighted by atomic mass is 19.1. The molecule has 0 aliphatic carbocycles. The molecule has 0 saturated carbocycles. The second-order valence-corrected chi connectivity index (χ2v) is 2.62. The lowest BCUT2D eigenvalue weighted by molar-refractivity contribution is 0.510. The minimum Gasteiger partial charge on any atom is -0.264 e. The van der Waals surface area contributed by atoms with Gasteiger partial charge in [0, 0.05) is 6.04 Å². The number of halogens is 1. The van der Waals surface area contributed by atoms with Crippen molar-refractivity contribution in [3.63, 3.8) is 0 Å². The first kappa shape index (κ1) is 7.25. The Kier molecular flexibility index (Phi) is 1.74. The summed E-state index contributed by atoms with van der Waals surface area (Å²) in [5, 5.41) is 3.86. The molecule has 0 N–H and O–H groups in total. The van der Waals surface area contributed by atoms with Gasteiger partial charge in [0.05, 0.1) is 11.9 Å². The molecule has 1 heterocycles. The van der Waals surface area contributed by atoms with Crippen LogP contribution in [0.5, 0.6) is 0 Å². The standard InChI is InChI=1S/C7H11FN2/c1-5(2)10-6(3)7(8)4-9-10/h4-5H,1-3H3. The highest BCUT2D eigenvalue weighted by Crippen LogP contribution is 2.09. The van der Waals surface area contributed by atoms with Crippen LogP contribution in [0.25, 0.3) is 0 Å². The molecule has 0 unspecified atom stereocenters. The van der Waals surface area contributed by atoms with Crippen LogP contribution < -0.4 is 0 Å². The SMILES string of the molecule is Cc1c(F)cnn1C(C)C. The van der Waals surface area contributed by atoms with Crippen LogP contribution in [0.1, 0.15) is 25.6 Å². The molecule has 0 saturated heterocycles. The Morgan fingerprint density at radius 2 is 2.20 bits per heavy atom. The maximum atomic E-state index is 12.6. The predicted molar refractivity (Wildman–Crippen MR) is 37.3 cm³/mol. The van der Waals surface area contributed by atoms with E-state index in [1.807, 2.05) is 13.8 Å². The molecule has 56 valence electrons. The Bertz CT molecular complexity index is 228. The fourth-order valence-electron chi connectivity index (χ4n) is 0.923. The summed E-state index contributed by atoms with van der Waals surface area (Å²) in [6, 6.07) is 0.240. The Labute approximate surface area is 59.7 Å². The van der Waals surface area contributed by atoms with Crippen LogP contribution >= 0.6 is 0 Å². The molecule has 1 aromatic rings. The summed E-state index contributed by atoms with van der Waals surface area (Å²) in [4.78, 5) is 0. The van der Waals surface area contributed by atoms with Crippen molar-refractivity contribution in [1.82, 2.24) is 9.78 Å². The molecule has 0 aromatic carbocycles. The molecule has 10 heavy (non-hydrogen) atoms. The van der Waals surface area contributed by atoms with E-state index in [9.17, 15) is 4.39 Å². The van der Waals surface area contributed by atoms with Gasteiger partial charge in [-0.1, -0.05) is 0 Å². The zero-order valence-corrected chi connectivity index (χ0v) is 6.43. The van der Waals surface area contributed by atoms with Gasteiger partial charge in [-0.05, 0) is 20.8 Å². The van der Waals surface area contributed by atoms with Crippen LogP contribution in [0, 0.1) is 12.7 Å². The summed E-state index contributed by atoms with van der Waals surface area (Å²) in [7, 11) is 0. The minimum atomic E-state index is -0.228. The maximum absolute atomic E-state index is 12.6. The molecule has 0 aliphatic rings. The monoisotopic (exact) mass is 142 g/mol. The number of nitrogens with zero attached hydrogens (tertiary/aromatic N) is 2. The van der Waals surface area contributed by atoms with E-state index < -0.39 is 0 Å². The van der Waals surface area contributed by atoms with Gasteiger partial charge >= 0.3 is 0 Å². The molecule has 0 aliphatic heterocycles. The second kappa shape index (κ2) is 2.40. The summed E-state index contributed by atoms with van der Waals surface area (Å²) < 4.78 is 14.3. The van der Waals surface area contributed by atoms with Crippen molar-refractivity contribution in [3.05, 3.63) is 17.7 Å². The van der Waals surface area contributed by atoms with E-state index in [4.69, 9.17) is 0 Å². The van der Waals surface area contributed by atoms with Crippen LogP contribution in [0.4, 0.5) is 4.39 Å². The Morgan fingerprint density at radius 3 is 2.40 bits per heavy atom. The van der Waals surface area contributed by atoms with E-state index in [1.165, 1.54) is 6.20 Å². The minimum absolute atomic E-state index is 0.228. The van der Waals surface area contributed by atoms with Gasteiger partial charge in [-0.3, -0.25) is 4.68 Å². The molecule has 0 bridgehead atoms. The maximum Gasteiger partial charge on any atom is 0.163 e. The molecule has 3 heteroatoms. The van der Waals surface area contributed by atoms with Gasteiger partial charge in [0.2, 0.25) is 0 Å². The van der Waals surface area contributed by atoms with Crippen molar-refractivity contribution < 1.29 is 4.39 Å². The summed E-state index contributed by atoms with van der Waals surface area (Å²) >= 11 is 0. The normalized spacial score (nSPS) is 10.9. The Morgan fingerprint density at radius 1 is 1.60 bits per heavy atom. The van der Waals surface area contributed by atoms with E-state index in [2.05, 4.69) is 5.10 Å². The van der Waals surface area contributed by atoms with Gasteiger partial charge < -0.3 is 0 Å². The average molecular weight is 142 g/mol. The first-order valence-corrected chi connectivity index (χ1v) is 3.32. The summed E-state index contributed by atoms with van der Waals surface area (Å²) in [5.41, 5.74) is 0.606. The van der Waals surface area contributed by atoms with E-state index in [0.29, 0.717) is 5.69 Å². The molecule has 0 fully saturated rings. The van der Waals surface area contributed by atoms with E-state index in [0.717, 1.165) is 0 Å². The quantitative estimate of drug-likeness (QED) is 0.585. The van der Waals surface area contributed by atoms with Gasteiger partial charge in [0.15, 0.2) is 5.82 Å². The predicted octanol–water partition coefficient (Wildman–Crippen LogP) is 1.91. The molecule has 2 nitrogen and oxygen atoms in total. The third-order valence-corrected chi connectivity index (χ3v) is 1.47. The fourth-order valence-corrected chi connectivity index (χ4v) is 0.923. The first-order valence-electron chi connectivity index (χ1n) is 3.32. The van der Waals surface area contributed by atoms with E-state index in [-0.39, 0.29) is 11.9 Å². The van der Waals surface area contributed by atoms with Crippen molar-refractivity contribution in [2.45, 2.75) is 26.8 Å². The second-order valence-electron chi connectivity index (χ2n) is 2.62. The molecule has 0 atom stereocenters. The van der Waals surface area contributed by atoms with Crippen LogP contribution in [0.2, 0.25) is 0 Å². The molecule has 0 amide bonds. The Hall–Kier alpha value is -0.860. The molecular formula is C7H11FN2. The van der Waals surface area contributed by atoms with Crippen molar-refractivity contribution in [1.29, 1.82) is 0 Å². The smallest absolute Gasteiger partial charge is 0.163 e. The lowest BCUT2D eigenvalue weighted by Gasteiger charge is -2.06. The highest BCUT2D eigenvalue weighted by Gasteiger charge is 2.06. The van der Waals surface area contributed by atoms with Gasteiger partial charge in [0.25, 0.3) is 0 Å². The van der Waals surface area contributed by atoms with Crippen LogP contribution in [0.3, 0.4) is 0 Å². The van der Waals surface area contributed by atoms with Crippen LogP contribution in [-0.4, -0.2) is 9.78 Å². The van der Waals surface area contributed by atoms with Crippen molar-refractivity contribution in [3.8, 4) is 0 Å². The third-order valence-electron chi connectivity index (χ3n) is 1.47. The topological polar surface area (TPSA) is 17.8 Å². The molecule has 1 aromatic heterocycles.